The molecular weight excluding hydrogens is 237 g/mol. The predicted octanol–water partition coefficient (Wildman–Crippen LogP) is 0.0187. The van der Waals surface area contributed by atoms with Gasteiger partial charge in [-0.3, -0.25) is 9.59 Å². The second-order valence-corrected chi connectivity index (χ2v) is 2.59. The number of hydrogen-bond acceptors (Lipinski definition) is 3. The fraction of sp³-hybridized carbons (Fsp3) is 0.400. The first kappa shape index (κ1) is 14.2. The van der Waals surface area contributed by atoms with Crippen molar-refractivity contribution < 1.29 is 31.6 Å². The zero-order valence-corrected chi connectivity index (χ0v) is 7.75. The SMILES string of the molecule is F[B-](F)(F)F.NC(=O)NN1C(=O)CCC1=O. The molecule has 1 rings (SSSR count). The molecule has 0 saturated carbocycles. The minimum Gasteiger partial charge on any atom is -0.418 e. The van der Waals surface area contributed by atoms with E-state index in [-0.39, 0.29) is 12.8 Å². The number of nitrogens with zero attached hydrogens (tertiary/aromatic N) is 1. The Morgan fingerprint density at radius 2 is 1.50 bits per heavy atom. The number of hydrogen-bond donors (Lipinski definition) is 2. The van der Waals surface area contributed by atoms with Crippen molar-refractivity contribution in [3.63, 3.8) is 0 Å². The van der Waals surface area contributed by atoms with Crippen molar-refractivity contribution in [1.82, 2.24) is 10.4 Å². The summed E-state index contributed by atoms with van der Waals surface area (Å²) < 4.78 is 39.0. The van der Waals surface area contributed by atoms with E-state index in [9.17, 15) is 31.6 Å². The van der Waals surface area contributed by atoms with Gasteiger partial charge in [-0.15, -0.1) is 0 Å². The van der Waals surface area contributed by atoms with Gasteiger partial charge in [0.2, 0.25) is 11.8 Å². The minimum atomic E-state index is -6.00. The van der Waals surface area contributed by atoms with Gasteiger partial charge in [0.1, 0.15) is 0 Å². The van der Waals surface area contributed by atoms with Crippen LogP contribution in [0.4, 0.5) is 22.1 Å². The Kier molecular flexibility index (Phi) is 4.73. The molecule has 11 heteroatoms. The van der Waals surface area contributed by atoms with Crippen LogP contribution in [-0.4, -0.2) is 30.1 Å². The predicted molar refractivity (Wildman–Crippen MR) is 44.0 cm³/mol. The lowest BCUT2D eigenvalue weighted by Crippen LogP contribution is -2.47. The second kappa shape index (κ2) is 5.33. The summed E-state index contributed by atoms with van der Waals surface area (Å²) in [7, 11) is -6.00. The van der Waals surface area contributed by atoms with E-state index in [2.05, 4.69) is 0 Å². The van der Waals surface area contributed by atoms with E-state index < -0.39 is 25.1 Å². The van der Waals surface area contributed by atoms with Crippen LogP contribution in [0.2, 0.25) is 0 Å². The summed E-state index contributed by atoms with van der Waals surface area (Å²) in [5.74, 6) is -0.845. The van der Waals surface area contributed by atoms with E-state index in [4.69, 9.17) is 5.73 Å². The van der Waals surface area contributed by atoms with Gasteiger partial charge in [0.15, 0.2) is 0 Å². The highest BCUT2D eigenvalue weighted by Crippen LogP contribution is 2.07. The summed E-state index contributed by atoms with van der Waals surface area (Å²) >= 11 is 0. The largest absolute Gasteiger partial charge is 0.673 e. The third kappa shape index (κ3) is 6.62. The molecule has 16 heavy (non-hydrogen) atoms. The van der Waals surface area contributed by atoms with E-state index >= 15 is 0 Å². The lowest BCUT2D eigenvalue weighted by Gasteiger charge is -2.11. The molecule has 6 nitrogen and oxygen atoms in total. The number of nitrogens with two attached hydrogens (primary N) is 1. The van der Waals surface area contributed by atoms with Gasteiger partial charge in [0.25, 0.3) is 0 Å². The summed E-state index contributed by atoms with van der Waals surface area (Å²) in [4.78, 5) is 31.7. The van der Waals surface area contributed by atoms with Crippen LogP contribution in [0.5, 0.6) is 0 Å². The molecule has 1 saturated heterocycles. The number of urea groups is 1. The van der Waals surface area contributed by atoms with Crippen molar-refractivity contribution in [3.05, 3.63) is 0 Å². The summed E-state index contributed by atoms with van der Waals surface area (Å²) in [6, 6.07) is -0.909. The summed E-state index contributed by atoms with van der Waals surface area (Å²) in [5, 5.41) is 0.641. The molecule has 1 aliphatic heterocycles. The molecule has 0 unspecified atom stereocenters. The van der Waals surface area contributed by atoms with E-state index in [1.807, 2.05) is 5.43 Å². The van der Waals surface area contributed by atoms with E-state index in [0.29, 0.717) is 5.01 Å². The highest BCUT2D eigenvalue weighted by atomic mass is 19.5. The molecule has 3 N–H and O–H groups in total. The van der Waals surface area contributed by atoms with Crippen molar-refractivity contribution in [3.8, 4) is 0 Å². The standard InChI is InChI=1S/C5H7N3O3.BF4/c6-5(11)7-8-3(9)1-2-4(8)10;2-1(3,4)5/h1-2H2,(H3,6,7,11);/q;-1. The van der Waals surface area contributed by atoms with E-state index in [1.165, 1.54) is 0 Å². The van der Waals surface area contributed by atoms with Crippen LogP contribution in [-0.2, 0) is 9.59 Å². The van der Waals surface area contributed by atoms with Gasteiger partial charge < -0.3 is 23.0 Å². The first-order chi connectivity index (χ1) is 7.11. The highest BCUT2D eigenvalue weighted by Gasteiger charge is 2.29. The van der Waals surface area contributed by atoms with Crippen LogP contribution in [0.15, 0.2) is 0 Å². The summed E-state index contributed by atoms with van der Waals surface area (Å²) in [6.45, 7) is 0. The zero-order chi connectivity index (χ0) is 12.9. The van der Waals surface area contributed by atoms with E-state index in [1.54, 1.807) is 0 Å². The maximum absolute atomic E-state index is 10.8. The molecule has 0 aromatic rings. The van der Waals surface area contributed by atoms with Gasteiger partial charge in [0.05, 0.1) is 0 Å². The van der Waals surface area contributed by atoms with Crippen molar-refractivity contribution >= 4 is 25.1 Å². The average Bonchev–Trinajstić information content (AvgIpc) is 2.32. The third-order valence-corrected chi connectivity index (χ3v) is 1.27. The number of rotatable bonds is 1. The topological polar surface area (TPSA) is 92.5 Å². The summed E-state index contributed by atoms with van der Waals surface area (Å²) in [5.41, 5.74) is 6.61. The van der Waals surface area contributed by atoms with E-state index in [0.717, 1.165) is 0 Å². The smallest absolute Gasteiger partial charge is 0.418 e. The lowest BCUT2D eigenvalue weighted by atomic mass is 10.3. The van der Waals surface area contributed by atoms with Crippen LogP contribution in [0.1, 0.15) is 12.8 Å². The number of amides is 4. The van der Waals surface area contributed by atoms with Gasteiger partial charge in [-0.05, 0) is 0 Å². The van der Waals surface area contributed by atoms with Crippen molar-refractivity contribution in [2.75, 3.05) is 0 Å². The molecule has 1 aliphatic rings. The Hall–Kier alpha value is -1.81. The van der Waals surface area contributed by atoms with Gasteiger partial charge in [0, 0.05) is 12.8 Å². The molecule has 1 heterocycles. The number of imide groups is 1. The Labute approximate surface area is 86.8 Å². The van der Waals surface area contributed by atoms with Crippen molar-refractivity contribution in [2.24, 2.45) is 5.73 Å². The molecule has 0 spiro atoms. The second-order valence-electron chi connectivity index (χ2n) is 2.59. The monoisotopic (exact) mass is 244 g/mol. The maximum Gasteiger partial charge on any atom is 0.673 e. The first-order valence-electron chi connectivity index (χ1n) is 3.90. The van der Waals surface area contributed by atoms with Gasteiger partial charge in [-0.25, -0.2) is 10.2 Å². The number of carbonyl (C=O) groups is 3. The van der Waals surface area contributed by atoms with Gasteiger partial charge in [-0.1, -0.05) is 0 Å². The molecule has 4 amide bonds. The molecule has 0 aromatic carbocycles. The summed E-state index contributed by atoms with van der Waals surface area (Å²) in [6.07, 6.45) is 0.276. The number of hydrazine groups is 1. The Bertz CT molecular complexity index is 286. The Balaban J connectivity index is 0.000000385. The molecule has 0 aromatic heterocycles. The maximum atomic E-state index is 10.8. The molecule has 92 valence electrons. The molecule has 0 bridgehead atoms. The fourth-order valence-corrected chi connectivity index (χ4v) is 0.811. The molecule has 0 aliphatic carbocycles. The number of carbonyl (C=O) groups excluding carboxylic acids is 3. The number of primary amides is 1. The Morgan fingerprint density at radius 1 is 1.19 bits per heavy atom. The Morgan fingerprint density at radius 3 is 1.75 bits per heavy atom. The van der Waals surface area contributed by atoms with Crippen LogP contribution >= 0.6 is 0 Å². The minimum absolute atomic E-state index is 0.138. The lowest BCUT2D eigenvalue weighted by molar-refractivity contribution is -0.140. The van der Waals surface area contributed by atoms with Crippen molar-refractivity contribution in [1.29, 1.82) is 0 Å². The fourth-order valence-electron chi connectivity index (χ4n) is 0.811. The van der Waals surface area contributed by atoms with Crippen LogP contribution in [0, 0.1) is 0 Å². The molecule has 0 radical (unpaired) electrons. The molecule has 0 atom stereocenters. The van der Waals surface area contributed by atoms with Crippen LogP contribution in [0.25, 0.3) is 0 Å². The van der Waals surface area contributed by atoms with Crippen molar-refractivity contribution in [2.45, 2.75) is 12.8 Å². The van der Waals surface area contributed by atoms with Crippen LogP contribution in [0.3, 0.4) is 0 Å². The van der Waals surface area contributed by atoms with Gasteiger partial charge in [-0.2, -0.15) is 5.01 Å². The third-order valence-electron chi connectivity index (χ3n) is 1.27. The van der Waals surface area contributed by atoms with Gasteiger partial charge >= 0.3 is 13.3 Å². The van der Waals surface area contributed by atoms with Crippen LogP contribution < -0.4 is 11.2 Å². The highest BCUT2D eigenvalue weighted by molar-refractivity contribution is 6.50. The zero-order valence-electron chi connectivity index (χ0n) is 7.75. The first-order valence-corrected chi connectivity index (χ1v) is 3.90. The molecular formula is C5H7BF4N3O3-. The number of halogens is 4. The normalized spacial score (nSPS) is 15.6. The average molecular weight is 244 g/mol. The quantitative estimate of drug-likeness (QED) is 0.386. The molecule has 1 fully saturated rings. The number of nitrogens with one attached hydrogen (secondary N) is 1.